The van der Waals surface area contributed by atoms with E-state index in [1.54, 1.807) is 30.2 Å². The number of carbonyl (C=O) groups excluding carboxylic acids is 1. The van der Waals surface area contributed by atoms with E-state index >= 15 is 0 Å². The number of rotatable bonds is 7. The average Bonchev–Trinajstić information content (AvgIpc) is 3.24. The van der Waals surface area contributed by atoms with E-state index in [1.165, 1.54) is 4.70 Å². The molecule has 0 aliphatic carbocycles. The second-order valence-electron chi connectivity index (χ2n) is 6.80. The normalized spacial score (nSPS) is 11.5. The third-order valence-electron chi connectivity index (χ3n) is 4.69. The molecular weight excluding hydrogens is 426 g/mol. The second kappa shape index (κ2) is 9.76. The minimum absolute atomic E-state index is 0.238. The number of amides is 1. The Morgan fingerprint density at radius 2 is 1.74 bits per heavy atom. The number of benzene rings is 3. The molecule has 156 valence electrons. The number of nitrogens with zero attached hydrogens (tertiary/aromatic N) is 2. The molecule has 0 atom stereocenters. The molecule has 0 saturated carbocycles. The Bertz CT molecular complexity index is 1180. The smallest absolute Gasteiger partial charge is 0.271 e. The number of fused-ring (bicyclic) bond motifs is 1. The number of methoxy groups -OCH3 is 1. The highest BCUT2D eigenvalue weighted by Crippen LogP contribution is 2.31. The molecule has 0 saturated heterocycles. The van der Waals surface area contributed by atoms with Crippen LogP contribution in [0.2, 0.25) is 0 Å². The van der Waals surface area contributed by atoms with Crippen molar-refractivity contribution >= 4 is 44.9 Å². The molecule has 0 unspecified atom stereocenters. The van der Waals surface area contributed by atoms with Crippen LogP contribution in [0.15, 0.2) is 82.2 Å². The first-order valence-electron chi connectivity index (χ1n) is 9.69. The molecule has 0 bridgehead atoms. The summed E-state index contributed by atoms with van der Waals surface area (Å²) in [6.07, 6.45) is 0. The number of thioether (sulfide) groups is 1. The van der Waals surface area contributed by atoms with Crippen molar-refractivity contribution in [1.29, 1.82) is 0 Å². The quantitative estimate of drug-likeness (QED) is 0.223. The van der Waals surface area contributed by atoms with E-state index < -0.39 is 0 Å². The number of para-hydroxylation sites is 1. The van der Waals surface area contributed by atoms with Crippen LogP contribution in [0.5, 0.6) is 5.75 Å². The van der Waals surface area contributed by atoms with E-state index in [2.05, 4.69) is 21.6 Å². The Hall–Kier alpha value is -3.16. The third kappa shape index (κ3) is 5.31. The molecule has 0 aliphatic heterocycles. The molecular formula is C24H21N3O2S2. The minimum Gasteiger partial charge on any atom is -0.497 e. The summed E-state index contributed by atoms with van der Waals surface area (Å²) in [5.74, 6) is 1.34. The zero-order chi connectivity index (χ0) is 21.6. The first-order chi connectivity index (χ1) is 15.1. The molecule has 0 spiro atoms. The molecule has 4 aromatic rings. The lowest BCUT2D eigenvalue weighted by molar-refractivity contribution is 0.0955. The lowest BCUT2D eigenvalue weighted by Crippen LogP contribution is -2.19. The Balaban J connectivity index is 1.33. The van der Waals surface area contributed by atoms with E-state index in [1.807, 2.05) is 73.7 Å². The maximum Gasteiger partial charge on any atom is 0.271 e. The number of ether oxygens (including phenoxy) is 1. The highest BCUT2D eigenvalue weighted by Gasteiger charge is 2.07. The maximum absolute atomic E-state index is 12.4. The highest BCUT2D eigenvalue weighted by molar-refractivity contribution is 8.00. The highest BCUT2D eigenvalue weighted by atomic mass is 32.2. The van der Waals surface area contributed by atoms with Gasteiger partial charge in [-0.3, -0.25) is 4.79 Å². The van der Waals surface area contributed by atoms with Gasteiger partial charge in [0.15, 0.2) is 4.34 Å². The Morgan fingerprint density at radius 1 is 1.03 bits per heavy atom. The topological polar surface area (TPSA) is 63.6 Å². The van der Waals surface area contributed by atoms with Crippen molar-refractivity contribution in [3.8, 4) is 5.75 Å². The van der Waals surface area contributed by atoms with Crippen molar-refractivity contribution in [2.24, 2.45) is 5.10 Å². The van der Waals surface area contributed by atoms with Crippen LogP contribution in [0.25, 0.3) is 10.2 Å². The molecule has 0 aliphatic rings. The zero-order valence-electron chi connectivity index (χ0n) is 17.2. The molecule has 0 fully saturated rings. The van der Waals surface area contributed by atoms with Gasteiger partial charge in [0.05, 0.1) is 23.0 Å². The Labute approximate surface area is 189 Å². The van der Waals surface area contributed by atoms with E-state index in [-0.39, 0.29) is 5.91 Å². The van der Waals surface area contributed by atoms with Gasteiger partial charge in [-0.05, 0) is 66.6 Å². The standard InChI is InChI=1S/C24H21N3O2S2/c1-16(18-11-13-20(29-2)14-12-18)26-27-23(28)19-9-7-17(8-10-19)15-30-24-25-21-5-3-4-6-22(21)31-24/h3-14H,15H2,1-2H3,(H,27,28). The van der Waals surface area contributed by atoms with Gasteiger partial charge in [-0.15, -0.1) is 11.3 Å². The lowest BCUT2D eigenvalue weighted by Gasteiger charge is -2.05. The molecule has 3 aromatic carbocycles. The largest absolute Gasteiger partial charge is 0.497 e. The predicted molar refractivity (Wildman–Crippen MR) is 128 cm³/mol. The molecule has 5 nitrogen and oxygen atoms in total. The number of nitrogens with one attached hydrogen (secondary N) is 1. The number of aromatic nitrogens is 1. The molecule has 1 heterocycles. The molecule has 1 N–H and O–H groups in total. The van der Waals surface area contributed by atoms with Crippen LogP contribution in [0.4, 0.5) is 0 Å². The van der Waals surface area contributed by atoms with Crippen LogP contribution in [-0.2, 0) is 5.75 Å². The van der Waals surface area contributed by atoms with Gasteiger partial charge in [-0.2, -0.15) is 5.10 Å². The van der Waals surface area contributed by atoms with E-state index in [9.17, 15) is 4.79 Å². The van der Waals surface area contributed by atoms with Crippen LogP contribution >= 0.6 is 23.1 Å². The SMILES string of the molecule is COc1ccc(C(C)=NNC(=O)c2ccc(CSc3nc4ccccc4s3)cc2)cc1. The summed E-state index contributed by atoms with van der Waals surface area (Å²) < 4.78 is 7.40. The lowest BCUT2D eigenvalue weighted by atomic mass is 10.1. The second-order valence-corrected chi connectivity index (χ2v) is 9.05. The number of thiazole rings is 1. The van der Waals surface area contributed by atoms with Crippen molar-refractivity contribution in [2.75, 3.05) is 7.11 Å². The first kappa shape index (κ1) is 21.1. The average molecular weight is 448 g/mol. The fourth-order valence-electron chi connectivity index (χ4n) is 2.91. The summed E-state index contributed by atoms with van der Waals surface area (Å²) in [7, 11) is 1.63. The van der Waals surface area contributed by atoms with Gasteiger partial charge in [0.25, 0.3) is 5.91 Å². The van der Waals surface area contributed by atoms with Crippen molar-refractivity contribution < 1.29 is 9.53 Å². The van der Waals surface area contributed by atoms with E-state index in [0.29, 0.717) is 5.56 Å². The van der Waals surface area contributed by atoms with Gasteiger partial charge in [-0.25, -0.2) is 10.4 Å². The van der Waals surface area contributed by atoms with Crippen LogP contribution in [0.3, 0.4) is 0 Å². The fourth-order valence-corrected chi connectivity index (χ4v) is 4.93. The zero-order valence-corrected chi connectivity index (χ0v) is 18.8. The summed E-state index contributed by atoms with van der Waals surface area (Å²) in [5.41, 5.74) is 7.01. The maximum atomic E-state index is 12.4. The number of hydrogen-bond donors (Lipinski definition) is 1. The van der Waals surface area contributed by atoms with Gasteiger partial charge in [0.1, 0.15) is 5.75 Å². The summed E-state index contributed by atoms with van der Waals surface area (Å²) >= 11 is 3.40. The van der Waals surface area contributed by atoms with Gasteiger partial charge < -0.3 is 4.74 Å². The number of hydrogen-bond acceptors (Lipinski definition) is 6. The molecule has 0 radical (unpaired) electrons. The molecule has 1 amide bonds. The van der Waals surface area contributed by atoms with Crippen LogP contribution in [0.1, 0.15) is 28.4 Å². The van der Waals surface area contributed by atoms with Gasteiger partial charge in [0.2, 0.25) is 0 Å². The van der Waals surface area contributed by atoms with Crippen molar-refractivity contribution in [1.82, 2.24) is 10.4 Å². The molecule has 1 aromatic heterocycles. The summed E-state index contributed by atoms with van der Waals surface area (Å²) in [6.45, 7) is 1.85. The van der Waals surface area contributed by atoms with E-state index in [0.717, 1.165) is 38.2 Å². The van der Waals surface area contributed by atoms with Crippen molar-refractivity contribution in [3.63, 3.8) is 0 Å². The van der Waals surface area contributed by atoms with Crippen LogP contribution < -0.4 is 10.2 Å². The molecule has 7 heteroatoms. The fraction of sp³-hybridized carbons (Fsp3) is 0.125. The predicted octanol–water partition coefficient (Wildman–Crippen LogP) is 5.75. The minimum atomic E-state index is -0.238. The van der Waals surface area contributed by atoms with Crippen molar-refractivity contribution in [2.45, 2.75) is 17.0 Å². The molecule has 31 heavy (non-hydrogen) atoms. The summed E-state index contributed by atoms with van der Waals surface area (Å²) in [4.78, 5) is 17.1. The summed E-state index contributed by atoms with van der Waals surface area (Å²) in [5, 5.41) is 4.21. The van der Waals surface area contributed by atoms with Gasteiger partial charge in [-0.1, -0.05) is 36.0 Å². The van der Waals surface area contributed by atoms with Crippen molar-refractivity contribution in [3.05, 3.63) is 89.5 Å². The first-order valence-corrected chi connectivity index (χ1v) is 11.5. The number of hydrazone groups is 1. The summed E-state index contributed by atoms with van der Waals surface area (Å²) in [6, 6.07) is 23.3. The third-order valence-corrected chi connectivity index (χ3v) is 6.94. The monoisotopic (exact) mass is 447 g/mol. The number of carbonyl (C=O) groups is 1. The molecule has 4 rings (SSSR count). The van der Waals surface area contributed by atoms with Crippen LogP contribution in [0, 0.1) is 0 Å². The van der Waals surface area contributed by atoms with Crippen LogP contribution in [-0.4, -0.2) is 23.7 Å². The van der Waals surface area contributed by atoms with E-state index in [4.69, 9.17) is 4.74 Å². The van der Waals surface area contributed by atoms with Gasteiger partial charge in [0, 0.05) is 11.3 Å². The van der Waals surface area contributed by atoms with Gasteiger partial charge >= 0.3 is 0 Å². The Morgan fingerprint density at radius 3 is 2.45 bits per heavy atom. The Kier molecular flexibility index (Phi) is 6.64.